The van der Waals surface area contributed by atoms with E-state index in [1.807, 2.05) is 11.4 Å². The molecule has 0 spiro atoms. The number of rotatable bonds is 3. The van der Waals surface area contributed by atoms with Gasteiger partial charge in [-0.3, -0.25) is 4.79 Å². The number of alkyl halides is 1. The zero-order valence-electron chi connectivity index (χ0n) is 10.2. The highest BCUT2D eigenvalue weighted by Crippen LogP contribution is 2.50. The van der Waals surface area contributed by atoms with E-state index >= 15 is 0 Å². The molecule has 1 fully saturated rings. The van der Waals surface area contributed by atoms with Crippen LogP contribution in [0.2, 0.25) is 5.02 Å². The van der Waals surface area contributed by atoms with Gasteiger partial charge in [-0.25, -0.2) is 4.39 Å². The molecule has 2 atom stereocenters. The van der Waals surface area contributed by atoms with Gasteiger partial charge in [-0.2, -0.15) is 0 Å². The Bertz CT molecular complexity index is 659. The lowest BCUT2D eigenvalue weighted by molar-refractivity contribution is 0.0943. The second-order valence-electron chi connectivity index (χ2n) is 4.70. The van der Waals surface area contributed by atoms with Crippen LogP contribution in [0.4, 0.5) is 4.39 Å². The van der Waals surface area contributed by atoms with Crippen molar-refractivity contribution in [1.82, 2.24) is 5.32 Å². The first kappa shape index (κ1) is 14.3. The summed E-state index contributed by atoms with van der Waals surface area (Å²) in [6.07, 6.45) is 0.308. The average molecular weight is 422 g/mol. The number of nitrogens with one attached hydrogen (secondary N) is 1. The van der Waals surface area contributed by atoms with Gasteiger partial charge in [0.1, 0.15) is 4.88 Å². The molecular weight excluding hydrogens is 412 g/mol. The minimum absolute atomic E-state index is 0.206. The van der Waals surface area contributed by atoms with E-state index in [4.69, 9.17) is 11.6 Å². The van der Waals surface area contributed by atoms with Crippen LogP contribution in [0, 0.1) is 3.57 Å². The molecule has 2 aromatic rings. The van der Waals surface area contributed by atoms with Gasteiger partial charge in [-0.1, -0.05) is 23.7 Å². The van der Waals surface area contributed by atoms with Crippen molar-refractivity contribution in [3.8, 4) is 0 Å². The van der Waals surface area contributed by atoms with Gasteiger partial charge in [0.2, 0.25) is 0 Å². The second-order valence-corrected chi connectivity index (χ2v) is 7.21. The highest BCUT2D eigenvalue weighted by atomic mass is 127. The zero-order valence-corrected chi connectivity index (χ0v) is 13.9. The molecule has 1 aromatic heterocycles. The third kappa shape index (κ3) is 2.58. The maximum atomic E-state index is 14.7. The number of hydrogen-bond donors (Lipinski definition) is 1. The molecule has 0 radical (unpaired) electrons. The minimum atomic E-state index is -1.47. The van der Waals surface area contributed by atoms with Crippen LogP contribution in [0.25, 0.3) is 0 Å². The largest absolute Gasteiger partial charge is 0.345 e. The molecule has 104 valence electrons. The van der Waals surface area contributed by atoms with Crippen molar-refractivity contribution in [2.45, 2.75) is 18.1 Å². The number of halogens is 3. The van der Waals surface area contributed by atoms with Crippen LogP contribution in [0.3, 0.4) is 0 Å². The van der Waals surface area contributed by atoms with Crippen LogP contribution >= 0.6 is 45.5 Å². The van der Waals surface area contributed by atoms with Gasteiger partial charge in [-0.05, 0) is 51.7 Å². The molecule has 1 amide bonds. The summed E-state index contributed by atoms with van der Waals surface area (Å²) in [7, 11) is 0. The third-order valence-corrected chi connectivity index (χ3v) is 5.78. The lowest BCUT2D eigenvalue weighted by Gasteiger charge is -2.09. The highest BCUT2D eigenvalue weighted by molar-refractivity contribution is 14.1. The van der Waals surface area contributed by atoms with E-state index in [2.05, 4.69) is 27.9 Å². The molecule has 20 heavy (non-hydrogen) atoms. The topological polar surface area (TPSA) is 29.1 Å². The molecule has 0 bridgehead atoms. The van der Waals surface area contributed by atoms with E-state index < -0.39 is 11.7 Å². The summed E-state index contributed by atoms with van der Waals surface area (Å²) in [4.78, 5) is 12.7. The van der Waals surface area contributed by atoms with Crippen molar-refractivity contribution in [3.63, 3.8) is 0 Å². The molecule has 0 unspecified atom stereocenters. The number of benzene rings is 1. The van der Waals surface area contributed by atoms with Crippen molar-refractivity contribution in [2.75, 3.05) is 0 Å². The summed E-state index contributed by atoms with van der Waals surface area (Å²) >= 11 is 9.27. The van der Waals surface area contributed by atoms with Crippen molar-refractivity contribution in [1.29, 1.82) is 0 Å². The number of amides is 1. The molecule has 1 saturated carbocycles. The van der Waals surface area contributed by atoms with Gasteiger partial charge in [0.25, 0.3) is 5.91 Å². The van der Waals surface area contributed by atoms with Gasteiger partial charge in [0, 0.05) is 15.0 Å². The second kappa shape index (κ2) is 5.27. The molecule has 3 rings (SSSR count). The number of carbonyl (C=O) groups excluding carboxylic acids is 1. The van der Waals surface area contributed by atoms with Gasteiger partial charge in [0.05, 0.1) is 6.04 Å². The van der Waals surface area contributed by atoms with E-state index in [1.165, 1.54) is 11.3 Å². The Morgan fingerprint density at radius 2 is 2.10 bits per heavy atom. The van der Waals surface area contributed by atoms with E-state index in [0.717, 1.165) is 3.57 Å². The fraction of sp³-hybridized carbons (Fsp3) is 0.214. The van der Waals surface area contributed by atoms with Crippen LogP contribution in [-0.4, -0.2) is 11.9 Å². The van der Waals surface area contributed by atoms with E-state index in [0.29, 0.717) is 21.9 Å². The van der Waals surface area contributed by atoms with Crippen molar-refractivity contribution in [2.24, 2.45) is 0 Å². The fourth-order valence-corrected chi connectivity index (χ4v) is 3.99. The monoisotopic (exact) mass is 421 g/mol. The van der Waals surface area contributed by atoms with Crippen LogP contribution in [0.5, 0.6) is 0 Å². The molecule has 1 aromatic carbocycles. The lowest BCUT2D eigenvalue weighted by Crippen LogP contribution is -2.29. The van der Waals surface area contributed by atoms with Gasteiger partial charge in [0.15, 0.2) is 5.67 Å². The molecule has 0 aliphatic heterocycles. The molecule has 1 heterocycles. The Hall–Kier alpha value is -0.660. The van der Waals surface area contributed by atoms with E-state index in [-0.39, 0.29) is 5.91 Å². The Morgan fingerprint density at radius 3 is 2.70 bits per heavy atom. The van der Waals surface area contributed by atoms with Gasteiger partial charge in [-0.15, -0.1) is 11.3 Å². The summed E-state index contributed by atoms with van der Waals surface area (Å²) in [6.45, 7) is 0. The molecule has 1 aliphatic rings. The Balaban J connectivity index is 1.71. The number of hydrogen-bond acceptors (Lipinski definition) is 2. The van der Waals surface area contributed by atoms with Crippen molar-refractivity contribution < 1.29 is 9.18 Å². The predicted octanol–water partition coefficient (Wildman–Crippen LogP) is 4.37. The third-order valence-electron chi connectivity index (χ3n) is 3.35. The Labute approximate surface area is 138 Å². The first-order chi connectivity index (χ1) is 9.50. The number of thiophene rings is 1. The minimum Gasteiger partial charge on any atom is -0.345 e. The van der Waals surface area contributed by atoms with Crippen molar-refractivity contribution in [3.05, 3.63) is 54.7 Å². The SMILES string of the molecule is O=C(N[C@@H]1C[C@]1(F)c1ccc(Cl)cc1)c1sccc1I. The summed E-state index contributed by atoms with van der Waals surface area (Å²) in [6, 6.07) is 8.07. The standard InChI is InChI=1S/C14H10ClFINOS/c15-9-3-1-8(2-4-9)14(16)7-11(14)18-13(19)12-10(17)5-6-20-12/h1-6,11H,7H2,(H,18,19)/t11-,14+/m1/s1. The first-order valence-electron chi connectivity index (χ1n) is 5.99. The average Bonchev–Trinajstić information content (AvgIpc) is 2.86. The van der Waals surface area contributed by atoms with E-state index in [9.17, 15) is 9.18 Å². The summed E-state index contributed by atoms with van der Waals surface area (Å²) < 4.78 is 15.6. The molecular formula is C14H10ClFINOS. The fourth-order valence-electron chi connectivity index (χ4n) is 2.13. The molecule has 2 nitrogen and oxygen atoms in total. The molecule has 6 heteroatoms. The molecule has 1 N–H and O–H groups in total. The van der Waals surface area contributed by atoms with Crippen LogP contribution in [-0.2, 0) is 5.67 Å². The molecule has 0 saturated heterocycles. The van der Waals surface area contributed by atoms with Crippen LogP contribution < -0.4 is 5.32 Å². The quantitative estimate of drug-likeness (QED) is 0.733. The Kier molecular flexibility index (Phi) is 3.77. The highest BCUT2D eigenvalue weighted by Gasteiger charge is 2.57. The van der Waals surface area contributed by atoms with Gasteiger partial charge < -0.3 is 5.32 Å². The smallest absolute Gasteiger partial charge is 0.262 e. The normalized spacial score (nSPS) is 24.4. The number of carbonyl (C=O) groups is 1. The van der Waals surface area contributed by atoms with Gasteiger partial charge >= 0.3 is 0 Å². The van der Waals surface area contributed by atoms with Crippen LogP contribution in [0.15, 0.2) is 35.7 Å². The Morgan fingerprint density at radius 1 is 1.40 bits per heavy atom. The van der Waals surface area contributed by atoms with Crippen molar-refractivity contribution >= 4 is 51.4 Å². The molecule has 1 aliphatic carbocycles. The first-order valence-corrected chi connectivity index (χ1v) is 8.33. The maximum Gasteiger partial charge on any atom is 0.262 e. The maximum absolute atomic E-state index is 14.7. The summed E-state index contributed by atoms with van der Waals surface area (Å²) in [5, 5.41) is 5.19. The summed E-state index contributed by atoms with van der Waals surface area (Å²) in [5.41, 5.74) is -0.906. The summed E-state index contributed by atoms with van der Waals surface area (Å²) in [5.74, 6) is -0.206. The van der Waals surface area contributed by atoms with Crippen LogP contribution in [0.1, 0.15) is 21.7 Å². The predicted molar refractivity (Wildman–Crippen MR) is 87.1 cm³/mol. The zero-order chi connectivity index (χ0) is 14.3. The lowest BCUT2D eigenvalue weighted by atomic mass is 10.1. The van der Waals surface area contributed by atoms with E-state index in [1.54, 1.807) is 24.3 Å².